The first-order valence-electron chi connectivity index (χ1n) is 10.4. The van der Waals surface area contributed by atoms with Crippen LogP contribution in [0.25, 0.3) is 23.0 Å². The van der Waals surface area contributed by atoms with Crippen LogP contribution in [0.2, 0.25) is 0 Å². The Bertz CT molecular complexity index is 997. The van der Waals surface area contributed by atoms with E-state index in [0.29, 0.717) is 5.82 Å². The lowest BCUT2D eigenvalue weighted by molar-refractivity contribution is -0.0965. The topological polar surface area (TPSA) is 72.9 Å². The molecule has 4 aliphatic rings. The summed E-state index contributed by atoms with van der Waals surface area (Å²) >= 11 is 0. The van der Waals surface area contributed by atoms with Crippen LogP contribution in [0.15, 0.2) is 28.9 Å². The first-order valence-corrected chi connectivity index (χ1v) is 10.4. The van der Waals surface area contributed by atoms with E-state index in [0.717, 1.165) is 48.4 Å². The van der Waals surface area contributed by atoms with Crippen molar-refractivity contribution in [2.24, 2.45) is 5.92 Å². The second-order valence-electron chi connectivity index (χ2n) is 8.50. The zero-order chi connectivity index (χ0) is 18.7. The van der Waals surface area contributed by atoms with Crippen molar-refractivity contribution in [1.29, 1.82) is 0 Å². The fourth-order valence-corrected chi connectivity index (χ4v) is 4.87. The molecule has 7 nitrogen and oxygen atoms in total. The SMILES string of the molecule is CCc1cc(-c2nc(-c3ccc(N4CCCC4)cn3)nn2C23CC(C2)C3)no1. The number of anilines is 1. The molecule has 0 amide bonds. The molecule has 3 aromatic rings. The normalized spacial score (nSPS) is 25.6. The number of hydrogen-bond acceptors (Lipinski definition) is 6. The minimum atomic E-state index is 0.131. The molecule has 0 atom stereocenters. The number of rotatable bonds is 5. The molecule has 1 aliphatic heterocycles. The molecule has 3 aromatic heterocycles. The second kappa shape index (κ2) is 5.90. The Kier molecular flexibility index (Phi) is 3.43. The Morgan fingerprint density at radius 1 is 1.14 bits per heavy atom. The average Bonchev–Trinajstić information content (AvgIpc) is 3.39. The molecule has 7 rings (SSSR count). The minimum Gasteiger partial charge on any atom is -0.370 e. The molecule has 28 heavy (non-hydrogen) atoms. The van der Waals surface area contributed by atoms with Gasteiger partial charge in [0.15, 0.2) is 17.3 Å². The molecule has 0 N–H and O–H groups in total. The van der Waals surface area contributed by atoms with Crippen LogP contribution in [0.1, 0.15) is 44.8 Å². The van der Waals surface area contributed by atoms with Crippen molar-refractivity contribution in [2.45, 2.75) is 51.0 Å². The number of aryl methyl sites for hydroxylation is 1. The van der Waals surface area contributed by atoms with Crippen molar-refractivity contribution < 1.29 is 4.52 Å². The molecule has 144 valence electrons. The van der Waals surface area contributed by atoms with Crippen molar-refractivity contribution in [1.82, 2.24) is 24.9 Å². The maximum absolute atomic E-state index is 5.44. The molecule has 7 heteroatoms. The molecule has 1 saturated heterocycles. The molecule has 4 fully saturated rings. The molecule has 0 spiro atoms. The van der Waals surface area contributed by atoms with E-state index in [4.69, 9.17) is 14.6 Å². The summed E-state index contributed by atoms with van der Waals surface area (Å²) in [5.74, 6) is 3.22. The van der Waals surface area contributed by atoms with E-state index < -0.39 is 0 Å². The summed E-state index contributed by atoms with van der Waals surface area (Å²) in [5, 5.41) is 9.15. The number of nitrogens with zero attached hydrogens (tertiary/aromatic N) is 6. The van der Waals surface area contributed by atoms with E-state index in [1.54, 1.807) is 0 Å². The highest BCUT2D eigenvalue weighted by atomic mass is 16.5. The Hall–Kier alpha value is -2.70. The van der Waals surface area contributed by atoms with Crippen molar-refractivity contribution in [3.63, 3.8) is 0 Å². The molecular weight excluding hydrogens is 352 g/mol. The highest BCUT2D eigenvalue weighted by Gasteiger charge is 2.59. The molecule has 0 radical (unpaired) electrons. The van der Waals surface area contributed by atoms with Gasteiger partial charge in [-0.05, 0) is 50.2 Å². The third-order valence-electron chi connectivity index (χ3n) is 6.65. The number of hydrogen-bond donors (Lipinski definition) is 0. The quantitative estimate of drug-likeness (QED) is 0.676. The molecular formula is C21H24N6O. The molecule has 4 heterocycles. The van der Waals surface area contributed by atoms with E-state index in [2.05, 4.69) is 32.7 Å². The summed E-state index contributed by atoms with van der Waals surface area (Å²) < 4.78 is 7.54. The summed E-state index contributed by atoms with van der Waals surface area (Å²) in [6.45, 7) is 4.30. The van der Waals surface area contributed by atoms with Crippen LogP contribution in [0, 0.1) is 5.92 Å². The van der Waals surface area contributed by atoms with Gasteiger partial charge in [0.25, 0.3) is 0 Å². The van der Waals surface area contributed by atoms with Crippen molar-refractivity contribution in [2.75, 3.05) is 18.0 Å². The predicted octanol–water partition coefficient (Wildman–Crippen LogP) is 3.67. The van der Waals surface area contributed by atoms with E-state index in [-0.39, 0.29) is 5.54 Å². The lowest BCUT2D eigenvalue weighted by Crippen LogP contribution is -2.59. The maximum atomic E-state index is 5.44. The van der Waals surface area contributed by atoms with Gasteiger partial charge in [0.1, 0.15) is 11.5 Å². The van der Waals surface area contributed by atoms with Gasteiger partial charge in [-0.1, -0.05) is 12.1 Å². The smallest absolute Gasteiger partial charge is 0.200 e. The molecule has 0 unspecified atom stereocenters. The summed E-state index contributed by atoms with van der Waals surface area (Å²) in [6, 6.07) is 6.17. The van der Waals surface area contributed by atoms with Gasteiger partial charge in [0.05, 0.1) is 17.4 Å². The fraction of sp³-hybridized carbons (Fsp3) is 0.524. The lowest BCUT2D eigenvalue weighted by Gasteiger charge is -2.61. The largest absolute Gasteiger partial charge is 0.370 e. The second-order valence-corrected chi connectivity index (χ2v) is 8.50. The highest BCUT2D eigenvalue weighted by Crippen LogP contribution is 2.62. The Balaban J connectivity index is 1.38. The predicted molar refractivity (Wildman–Crippen MR) is 105 cm³/mol. The molecule has 0 aromatic carbocycles. The van der Waals surface area contributed by atoms with Gasteiger partial charge in [0, 0.05) is 25.6 Å². The van der Waals surface area contributed by atoms with Crippen LogP contribution in [0.4, 0.5) is 5.69 Å². The summed E-state index contributed by atoms with van der Waals surface area (Å²) in [7, 11) is 0. The van der Waals surface area contributed by atoms with Crippen LogP contribution in [0.5, 0.6) is 0 Å². The van der Waals surface area contributed by atoms with Gasteiger partial charge in [-0.15, -0.1) is 5.10 Å². The van der Waals surface area contributed by atoms with Gasteiger partial charge in [-0.2, -0.15) is 0 Å². The van der Waals surface area contributed by atoms with Crippen molar-refractivity contribution >= 4 is 5.69 Å². The van der Waals surface area contributed by atoms with Crippen LogP contribution in [-0.4, -0.2) is 38.0 Å². The van der Waals surface area contributed by atoms with Gasteiger partial charge in [-0.3, -0.25) is 4.98 Å². The third-order valence-corrected chi connectivity index (χ3v) is 6.65. The van der Waals surface area contributed by atoms with Gasteiger partial charge in [0.2, 0.25) is 0 Å². The zero-order valence-corrected chi connectivity index (χ0v) is 16.1. The summed E-state index contributed by atoms with van der Waals surface area (Å²) in [5.41, 5.74) is 2.90. The van der Waals surface area contributed by atoms with Gasteiger partial charge in [-0.25, -0.2) is 9.67 Å². The Morgan fingerprint density at radius 2 is 1.96 bits per heavy atom. The molecule has 2 bridgehead atoms. The minimum absolute atomic E-state index is 0.131. The summed E-state index contributed by atoms with van der Waals surface area (Å²) in [4.78, 5) is 11.9. The van der Waals surface area contributed by atoms with Crippen LogP contribution >= 0.6 is 0 Å². The van der Waals surface area contributed by atoms with E-state index in [1.807, 2.05) is 18.3 Å². The fourth-order valence-electron chi connectivity index (χ4n) is 4.87. The maximum Gasteiger partial charge on any atom is 0.200 e. The highest BCUT2D eigenvalue weighted by molar-refractivity contribution is 5.59. The molecule has 3 aliphatic carbocycles. The monoisotopic (exact) mass is 376 g/mol. The van der Waals surface area contributed by atoms with E-state index in [1.165, 1.54) is 37.8 Å². The van der Waals surface area contributed by atoms with Crippen molar-refractivity contribution in [3.05, 3.63) is 30.2 Å². The van der Waals surface area contributed by atoms with Crippen molar-refractivity contribution in [3.8, 4) is 23.0 Å². The number of aromatic nitrogens is 5. The van der Waals surface area contributed by atoms with Crippen LogP contribution < -0.4 is 4.90 Å². The van der Waals surface area contributed by atoms with Crippen LogP contribution in [0.3, 0.4) is 0 Å². The zero-order valence-electron chi connectivity index (χ0n) is 16.1. The Morgan fingerprint density at radius 3 is 2.57 bits per heavy atom. The first kappa shape index (κ1) is 16.3. The average molecular weight is 376 g/mol. The first-order chi connectivity index (χ1) is 13.7. The van der Waals surface area contributed by atoms with Gasteiger partial charge >= 0.3 is 0 Å². The van der Waals surface area contributed by atoms with Gasteiger partial charge < -0.3 is 9.42 Å². The standard InChI is InChI=1S/C21H24N6O/c1-2-16-9-18(25-28-16)20-23-19(24-27(20)21-10-14(11-21)12-21)17-6-5-15(13-22-17)26-7-3-4-8-26/h5-6,9,13-14H,2-4,7-8,10-12H2,1H3. The lowest BCUT2D eigenvalue weighted by atomic mass is 9.50. The van der Waals surface area contributed by atoms with E-state index >= 15 is 0 Å². The Labute approximate surface area is 163 Å². The van der Waals surface area contributed by atoms with E-state index in [9.17, 15) is 0 Å². The third kappa shape index (κ3) is 2.34. The summed E-state index contributed by atoms with van der Waals surface area (Å²) in [6.07, 6.45) is 8.89. The number of pyridine rings is 1. The molecule has 3 saturated carbocycles. The van der Waals surface area contributed by atoms with Crippen LogP contribution in [-0.2, 0) is 12.0 Å².